The highest BCUT2D eigenvalue weighted by Gasteiger charge is 2.10. The third-order valence-corrected chi connectivity index (χ3v) is 3.56. The fourth-order valence-electron chi connectivity index (χ4n) is 2.11. The van der Waals surface area contributed by atoms with Crippen molar-refractivity contribution in [2.75, 3.05) is 13.6 Å². The van der Waals surface area contributed by atoms with E-state index in [0.717, 1.165) is 10.0 Å². The van der Waals surface area contributed by atoms with Crippen molar-refractivity contribution in [2.45, 2.75) is 6.54 Å². The van der Waals surface area contributed by atoms with Crippen LogP contribution in [0.15, 0.2) is 53.0 Å². The quantitative estimate of drug-likeness (QED) is 0.779. The van der Waals surface area contributed by atoms with Gasteiger partial charge in [-0.25, -0.2) is 0 Å². The average molecular weight is 343 g/mol. The van der Waals surface area contributed by atoms with Crippen LogP contribution in [0.5, 0.6) is 0 Å². The predicted molar refractivity (Wildman–Crippen MR) is 86.0 cm³/mol. The average Bonchev–Trinajstić information content (AvgIpc) is 2.47. The van der Waals surface area contributed by atoms with Crippen molar-refractivity contribution >= 4 is 21.7 Å². The fourth-order valence-corrected chi connectivity index (χ4v) is 2.50. The number of carbonyl (C=O) groups is 1. The highest BCUT2D eigenvalue weighted by Crippen LogP contribution is 2.13. The number of likely N-dealkylation sites (N-methyl/N-ethyl adjacent to an activating group) is 1. The summed E-state index contributed by atoms with van der Waals surface area (Å²) < 4.78 is 0.901. The molecule has 0 aromatic heterocycles. The summed E-state index contributed by atoms with van der Waals surface area (Å²) in [5, 5.41) is 8.89. The first kappa shape index (κ1) is 15.4. The zero-order valence-electron chi connectivity index (χ0n) is 11.7. The van der Waals surface area contributed by atoms with Gasteiger partial charge in [-0.3, -0.25) is 9.69 Å². The van der Waals surface area contributed by atoms with E-state index in [-0.39, 0.29) is 5.78 Å². The summed E-state index contributed by atoms with van der Waals surface area (Å²) >= 11 is 3.37. The Morgan fingerprint density at radius 1 is 1.24 bits per heavy atom. The summed E-state index contributed by atoms with van der Waals surface area (Å²) in [6.45, 7) is 0.975. The molecule has 21 heavy (non-hydrogen) atoms. The van der Waals surface area contributed by atoms with Crippen LogP contribution in [-0.4, -0.2) is 24.3 Å². The molecular weight excluding hydrogens is 328 g/mol. The van der Waals surface area contributed by atoms with Gasteiger partial charge in [0.15, 0.2) is 5.78 Å². The van der Waals surface area contributed by atoms with Crippen LogP contribution in [0.2, 0.25) is 0 Å². The monoisotopic (exact) mass is 342 g/mol. The molecule has 2 aromatic carbocycles. The molecule has 0 amide bonds. The summed E-state index contributed by atoms with van der Waals surface area (Å²) in [7, 11) is 1.90. The van der Waals surface area contributed by atoms with E-state index in [1.54, 1.807) is 6.07 Å². The van der Waals surface area contributed by atoms with Crippen molar-refractivity contribution in [1.82, 2.24) is 4.90 Å². The van der Waals surface area contributed by atoms with Gasteiger partial charge in [0.25, 0.3) is 0 Å². The molecule has 0 unspecified atom stereocenters. The van der Waals surface area contributed by atoms with Crippen LogP contribution in [0.1, 0.15) is 21.5 Å². The summed E-state index contributed by atoms with van der Waals surface area (Å²) in [6, 6.07) is 17.0. The third kappa shape index (κ3) is 4.52. The second kappa shape index (κ2) is 7.16. The molecule has 106 valence electrons. The lowest BCUT2D eigenvalue weighted by molar-refractivity contribution is 0.0943. The lowest BCUT2D eigenvalue weighted by atomic mass is 10.1. The molecule has 0 aliphatic heterocycles. The fraction of sp³-hybridized carbons (Fsp3) is 0.176. The first-order valence-corrected chi connectivity index (χ1v) is 7.34. The molecule has 3 nitrogen and oxygen atoms in total. The number of nitriles is 1. The van der Waals surface area contributed by atoms with E-state index < -0.39 is 0 Å². The number of hydrogen-bond acceptors (Lipinski definition) is 3. The minimum Gasteiger partial charge on any atom is -0.295 e. The van der Waals surface area contributed by atoms with Gasteiger partial charge in [-0.15, -0.1) is 0 Å². The minimum absolute atomic E-state index is 0.0789. The van der Waals surface area contributed by atoms with Gasteiger partial charge in [0.05, 0.1) is 18.2 Å². The molecule has 0 aliphatic carbocycles. The summed E-state index contributed by atoms with van der Waals surface area (Å²) in [5.74, 6) is 0.0789. The maximum absolute atomic E-state index is 12.2. The molecular formula is C17H15BrN2O. The SMILES string of the molecule is CN(CC(=O)c1cccc(Br)c1)Cc1cccc(C#N)c1. The van der Waals surface area contributed by atoms with Crippen molar-refractivity contribution < 1.29 is 4.79 Å². The van der Waals surface area contributed by atoms with Crippen molar-refractivity contribution in [1.29, 1.82) is 5.26 Å². The van der Waals surface area contributed by atoms with Gasteiger partial charge < -0.3 is 0 Å². The maximum Gasteiger partial charge on any atom is 0.176 e. The Morgan fingerprint density at radius 2 is 2.00 bits per heavy atom. The van der Waals surface area contributed by atoms with E-state index in [1.165, 1.54) is 0 Å². The van der Waals surface area contributed by atoms with Gasteiger partial charge in [-0.2, -0.15) is 5.26 Å². The maximum atomic E-state index is 12.2. The molecule has 0 atom stereocenters. The molecule has 0 aliphatic rings. The van der Waals surface area contributed by atoms with E-state index in [0.29, 0.717) is 24.2 Å². The Kier molecular flexibility index (Phi) is 5.26. The molecule has 0 heterocycles. The number of hydrogen-bond donors (Lipinski definition) is 0. The van der Waals surface area contributed by atoms with Gasteiger partial charge in [0.2, 0.25) is 0 Å². The van der Waals surface area contributed by atoms with Crippen LogP contribution in [0.25, 0.3) is 0 Å². The third-order valence-electron chi connectivity index (χ3n) is 3.07. The molecule has 2 rings (SSSR count). The lowest BCUT2D eigenvalue weighted by Gasteiger charge is -2.16. The van der Waals surface area contributed by atoms with E-state index >= 15 is 0 Å². The Balaban J connectivity index is 1.99. The zero-order chi connectivity index (χ0) is 15.2. The molecule has 0 saturated carbocycles. The number of ketones is 1. The van der Waals surface area contributed by atoms with Gasteiger partial charge in [-0.05, 0) is 36.9 Å². The van der Waals surface area contributed by atoms with Gasteiger partial charge in [-0.1, -0.05) is 40.2 Å². The molecule has 0 bridgehead atoms. The predicted octanol–water partition coefficient (Wildman–Crippen LogP) is 3.64. The lowest BCUT2D eigenvalue weighted by Crippen LogP contribution is -2.25. The first-order valence-electron chi connectivity index (χ1n) is 6.55. The van der Waals surface area contributed by atoms with Crippen molar-refractivity contribution in [3.8, 4) is 6.07 Å². The minimum atomic E-state index is 0.0789. The van der Waals surface area contributed by atoms with E-state index in [9.17, 15) is 4.79 Å². The highest BCUT2D eigenvalue weighted by molar-refractivity contribution is 9.10. The van der Waals surface area contributed by atoms with Gasteiger partial charge in [0, 0.05) is 16.6 Å². The Hall–Kier alpha value is -1.96. The smallest absolute Gasteiger partial charge is 0.176 e. The Labute approximate surface area is 132 Å². The van der Waals surface area contributed by atoms with Crippen molar-refractivity contribution in [3.63, 3.8) is 0 Å². The molecule has 0 N–H and O–H groups in total. The second-order valence-corrected chi connectivity index (χ2v) is 5.83. The number of halogens is 1. The summed E-state index contributed by atoms with van der Waals surface area (Å²) in [6.07, 6.45) is 0. The van der Waals surface area contributed by atoms with E-state index in [4.69, 9.17) is 5.26 Å². The van der Waals surface area contributed by atoms with E-state index in [1.807, 2.05) is 54.4 Å². The molecule has 0 saturated heterocycles. The summed E-state index contributed by atoms with van der Waals surface area (Å²) in [5.41, 5.74) is 2.36. The van der Waals surface area contributed by atoms with Crippen LogP contribution in [0.4, 0.5) is 0 Å². The Morgan fingerprint density at radius 3 is 2.71 bits per heavy atom. The normalized spacial score (nSPS) is 10.4. The van der Waals surface area contributed by atoms with Crippen LogP contribution >= 0.6 is 15.9 Å². The molecule has 2 aromatic rings. The van der Waals surface area contributed by atoms with Crippen molar-refractivity contribution in [3.05, 3.63) is 69.7 Å². The van der Waals surface area contributed by atoms with Crippen LogP contribution in [0, 0.1) is 11.3 Å². The number of Topliss-reactive ketones (excluding diaryl/α,β-unsaturated/α-hetero) is 1. The summed E-state index contributed by atoms with van der Waals surface area (Å²) in [4.78, 5) is 14.1. The highest BCUT2D eigenvalue weighted by atomic mass is 79.9. The van der Waals surface area contributed by atoms with Gasteiger partial charge in [0.1, 0.15) is 0 Å². The van der Waals surface area contributed by atoms with Crippen LogP contribution in [-0.2, 0) is 6.54 Å². The number of benzene rings is 2. The molecule has 0 radical (unpaired) electrons. The van der Waals surface area contributed by atoms with Crippen LogP contribution in [0.3, 0.4) is 0 Å². The molecule has 0 spiro atoms. The molecule has 0 fully saturated rings. The molecule has 4 heteroatoms. The number of rotatable bonds is 5. The van der Waals surface area contributed by atoms with Crippen LogP contribution < -0.4 is 0 Å². The first-order chi connectivity index (χ1) is 10.1. The van der Waals surface area contributed by atoms with Crippen molar-refractivity contribution in [2.24, 2.45) is 0 Å². The number of nitrogens with zero attached hydrogens (tertiary/aromatic N) is 2. The second-order valence-electron chi connectivity index (χ2n) is 4.92. The number of carbonyl (C=O) groups excluding carboxylic acids is 1. The van der Waals surface area contributed by atoms with Gasteiger partial charge >= 0.3 is 0 Å². The largest absolute Gasteiger partial charge is 0.295 e. The Bertz CT molecular complexity index is 691. The zero-order valence-corrected chi connectivity index (χ0v) is 13.3. The standard InChI is InChI=1S/C17H15BrN2O/c1-20(11-14-5-2-4-13(8-14)10-19)12-17(21)15-6-3-7-16(18)9-15/h2-9H,11-12H2,1H3. The van der Waals surface area contributed by atoms with E-state index in [2.05, 4.69) is 22.0 Å². The topological polar surface area (TPSA) is 44.1 Å².